The van der Waals surface area contributed by atoms with E-state index in [2.05, 4.69) is 5.32 Å². The molecule has 0 spiro atoms. The fraction of sp³-hybridized carbons (Fsp3) is 0.538. The van der Waals surface area contributed by atoms with E-state index in [-0.39, 0.29) is 16.0 Å². The molecular formula is C13H16ClN3O4S. The Morgan fingerprint density at radius 1 is 1.27 bits per heavy atom. The summed E-state index contributed by atoms with van der Waals surface area (Å²) in [5.74, 6) is 0. The first-order valence-electron chi connectivity index (χ1n) is 7.08. The Hall–Kier alpha value is -1.22. The molecule has 2 bridgehead atoms. The van der Waals surface area contributed by atoms with Crippen molar-refractivity contribution in [2.75, 3.05) is 13.1 Å². The Kier molecular flexibility index (Phi) is 4.11. The molecule has 2 fully saturated rings. The molecule has 120 valence electrons. The van der Waals surface area contributed by atoms with Crippen LogP contribution in [0.4, 0.5) is 5.69 Å². The molecule has 9 heteroatoms. The first kappa shape index (κ1) is 15.7. The number of rotatable bonds is 3. The summed E-state index contributed by atoms with van der Waals surface area (Å²) in [5, 5.41) is 14.7. The molecule has 2 unspecified atom stereocenters. The van der Waals surface area contributed by atoms with Crippen LogP contribution in [0.2, 0.25) is 5.02 Å². The average Bonchev–Trinajstić information content (AvgIpc) is 2.77. The van der Waals surface area contributed by atoms with Gasteiger partial charge in [0.25, 0.3) is 5.69 Å². The first-order chi connectivity index (χ1) is 10.4. The lowest BCUT2D eigenvalue weighted by atomic mass is 10.1. The third kappa shape index (κ3) is 2.83. The lowest BCUT2D eigenvalue weighted by molar-refractivity contribution is -0.387. The van der Waals surface area contributed by atoms with Crippen LogP contribution in [0.15, 0.2) is 23.1 Å². The fourth-order valence-corrected chi connectivity index (χ4v) is 4.92. The number of hydrogen-bond acceptors (Lipinski definition) is 5. The topological polar surface area (TPSA) is 92.5 Å². The van der Waals surface area contributed by atoms with Crippen LogP contribution in [-0.2, 0) is 10.0 Å². The summed E-state index contributed by atoms with van der Waals surface area (Å²) >= 11 is 5.75. The van der Waals surface area contributed by atoms with Crippen molar-refractivity contribution in [2.24, 2.45) is 0 Å². The standard InChI is InChI=1S/C13H16ClN3O4S/c14-9-1-4-13(12(7-9)17(18)19)22(20,21)16-6-5-10-2-3-11(8-16)15-10/h1,4,7,10-11,15H,2-3,5-6,8H2. The minimum absolute atomic E-state index is 0.119. The van der Waals surface area contributed by atoms with Gasteiger partial charge in [0.2, 0.25) is 10.0 Å². The first-order valence-corrected chi connectivity index (χ1v) is 8.90. The Balaban J connectivity index is 1.98. The van der Waals surface area contributed by atoms with Gasteiger partial charge in [-0.3, -0.25) is 10.1 Å². The van der Waals surface area contributed by atoms with Gasteiger partial charge in [0.05, 0.1) is 4.92 Å². The number of sulfonamides is 1. The van der Waals surface area contributed by atoms with E-state index in [4.69, 9.17) is 11.6 Å². The second-order valence-corrected chi connectivity index (χ2v) is 8.00. The predicted octanol–water partition coefficient (Wildman–Crippen LogP) is 1.76. The molecule has 0 aromatic heterocycles. The van der Waals surface area contributed by atoms with E-state index in [9.17, 15) is 18.5 Å². The maximum absolute atomic E-state index is 12.8. The van der Waals surface area contributed by atoms with Crippen LogP contribution in [0.5, 0.6) is 0 Å². The third-order valence-corrected chi connectivity index (χ3v) is 6.37. The van der Waals surface area contributed by atoms with Crippen molar-refractivity contribution in [2.45, 2.75) is 36.2 Å². The molecule has 1 N–H and O–H groups in total. The molecule has 2 saturated heterocycles. The molecule has 2 aliphatic rings. The second kappa shape index (κ2) is 5.77. The Morgan fingerprint density at radius 2 is 2.00 bits per heavy atom. The molecule has 0 radical (unpaired) electrons. The van der Waals surface area contributed by atoms with Gasteiger partial charge in [-0.2, -0.15) is 4.31 Å². The minimum Gasteiger partial charge on any atom is -0.310 e. The number of hydrogen-bond donors (Lipinski definition) is 1. The predicted molar refractivity (Wildman–Crippen MR) is 81.4 cm³/mol. The average molecular weight is 346 g/mol. The molecule has 0 amide bonds. The molecule has 2 atom stereocenters. The summed E-state index contributed by atoms with van der Waals surface area (Å²) in [5.41, 5.74) is -0.477. The van der Waals surface area contributed by atoms with E-state index in [1.54, 1.807) is 0 Å². The van der Waals surface area contributed by atoms with Gasteiger partial charge in [-0.05, 0) is 31.4 Å². The monoisotopic (exact) mass is 345 g/mol. The van der Waals surface area contributed by atoms with E-state index < -0.39 is 20.6 Å². The Bertz CT molecular complexity index is 709. The van der Waals surface area contributed by atoms with Gasteiger partial charge >= 0.3 is 0 Å². The van der Waals surface area contributed by atoms with Gasteiger partial charge in [0.1, 0.15) is 0 Å². The second-order valence-electron chi connectivity index (χ2n) is 5.66. The van der Waals surface area contributed by atoms with Gasteiger partial charge in [-0.1, -0.05) is 11.6 Å². The van der Waals surface area contributed by atoms with E-state index in [0.29, 0.717) is 19.1 Å². The van der Waals surface area contributed by atoms with Crippen LogP contribution in [0, 0.1) is 10.1 Å². The molecule has 2 aliphatic heterocycles. The summed E-state index contributed by atoms with van der Waals surface area (Å²) in [7, 11) is -3.91. The van der Waals surface area contributed by atoms with Crippen LogP contribution in [0.1, 0.15) is 19.3 Å². The van der Waals surface area contributed by atoms with Crippen LogP contribution in [0.3, 0.4) is 0 Å². The SMILES string of the molecule is O=[N+]([O-])c1cc(Cl)ccc1S(=O)(=O)N1CCC2CCC(C1)N2. The number of fused-ring (bicyclic) bond motifs is 2. The lowest BCUT2D eigenvalue weighted by Crippen LogP contribution is -2.39. The largest absolute Gasteiger partial charge is 0.310 e. The Labute approximate surface area is 133 Å². The van der Waals surface area contributed by atoms with Gasteiger partial charge in [-0.15, -0.1) is 0 Å². The summed E-state index contributed by atoms with van der Waals surface area (Å²) in [6.07, 6.45) is 2.70. The number of benzene rings is 1. The van der Waals surface area contributed by atoms with Gasteiger partial charge < -0.3 is 5.32 Å². The maximum atomic E-state index is 12.8. The molecule has 3 rings (SSSR count). The van der Waals surface area contributed by atoms with Crippen LogP contribution >= 0.6 is 11.6 Å². The molecule has 7 nitrogen and oxygen atoms in total. The zero-order valence-corrected chi connectivity index (χ0v) is 13.3. The minimum atomic E-state index is -3.91. The van der Waals surface area contributed by atoms with Crippen molar-refractivity contribution in [3.05, 3.63) is 33.3 Å². The summed E-state index contributed by atoms with van der Waals surface area (Å²) < 4.78 is 27.0. The number of nitro groups is 1. The lowest BCUT2D eigenvalue weighted by Gasteiger charge is -2.23. The zero-order valence-electron chi connectivity index (χ0n) is 11.7. The number of nitro benzene ring substituents is 1. The van der Waals surface area contributed by atoms with Gasteiger partial charge in [0, 0.05) is 36.3 Å². The highest BCUT2D eigenvalue weighted by Gasteiger charge is 2.37. The van der Waals surface area contributed by atoms with E-state index in [0.717, 1.165) is 25.3 Å². The molecule has 22 heavy (non-hydrogen) atoms. The number of nitrogens with zero attached hydrogens (tertiary/aromatic N) is 2. The van der Waals surface area contributed by atoms with Crippen molar-refractivity contribution in [1.29, 1.82) is 0 Å². The molecular weight excluding hydrogens is 330 g/mol. The molecule has 1 aromatic rings. The fourth-order valence-electron chi connectivity index (χ4n) is 3.12. The van der Waals surface area contributed by atoms with Gasteiger partial charge in [-0.25, -0.2) is 8.42 Å². The van der Waals surface area contributed by atoms with Crippen molar-refractivity contribution in [1.82, 2.24) is 9.62 Å². The highest BCUT2D eigenvalue weighted by Crippen LogP contribution is 2.31. The molecule has 2 heterocycles. The molecule has 0 saturated carbocycles. The van der Waals surface area contributed by atoms with Crippen LogP contribution in [0.25, 0.3) is 0 Å². The van der Waals surface area contributed by atoms with E-state index >= 15 is 0 Å². The summed E-state index contributed by atoms with van der Waals surface area (Å²) in [4.78, 5) is 10.2. The van der Waals surface area contributed by atoms with Crippen LogP contribution < -0.4 is 5.32 Å². The molecule has 0 aliphatic carbocycles. The quantitative estimate of drug-likeness (QED) is 0.665. The third-order valence-electron chi connectivity index (χ3n) is 4.22. The van der Waals surface area contributed by atoms with Crippen molar-refractivity contribution >= 4 is 27.3 Å². The molecule has 1 aromatic carbocycles. The highest BCUT2D eigenvalue weighted by molar-refractivity contribution is 7.89. The smallest absolute Gasteiger partial charge is 0.290 e. The van der Waals surface area contributed by atoms with Crippen molar-refractivity contribution in [3.8, 4) is 0 Å². The van der Waals surface area contributed by atoms with Crippen LogP contribution in [-0.4, -0.2) is 42.8 Å². The summed E-state index contributed by atoms with van der Waals surface area (Å²) in [6.45, 7) is 0.717. The maximum Gasteiger partial charge on any atom is 0.290 e. The van der Waals surface area contributed by atoms with Crippen molar-refractivity contribution in [3.63, 3.8) is 0 Å². The number of halogens is 1. The van der Waals surface area contributed by atoms with Crippen molar-refractivity contribution < 1.29 is 13.3 Å². The summed E-state index contributed by atoms with van der Waals surface area (Å²) in [6, 6.07) is 4.12. The Morgan fingerprint density at radius 3 is 2.73 bits per heavy atom. The highest BCUT2D eigenvalue weighted by atomic mass is 35.5. The zero-order chi connectivity index (χ0) is 15.9. The van der Waals surface area contributed by atoms with E-state index in [1.165, 1.54) is 16.4 Å². The number of nitrogens with one attached hydrogen (secondary N) is 1. The normalized spacial score (nSPS) is 25.9. The van der Waals surface area contributed by atoms with Gasteiger partial charge in [0.15, 0.2) is 4.90 Å². The van der Waals surface area contributed by atoms with E-state index in [1.807, 2.05) is 0 Å².